The first-order chi connectivity index (χ1) is 13.1. The van der Waals surface area contributed by atoms with Crippen LogP contribution in [0, 0.1) is 10.1 Å². The van der Waals surface area contributed by atoms with Gasteiger partial charge in [-0.15, -0.1) is 0 Å². The van der Waals surface area contributed by atoms with E-state index in [9.17, 15) is 14.9 Å². The first-order valence-corrected chi connectivity index (χ1v) is 8.06. The zero-order valence-corrected chi connectivity index (χ0v) is 14.0. The molecule has 8 nitrogen and oxygen atoms in total. The summed E-state index contributed by atoms with van der Waals surface area (Å²) >= 11 is 0. The molecule has 4 rings (SSSR count). The van der Waals surface area contributed by atoms with Gasteiger partial charge in [-0.1, -0.05) is 18.2 Å². The van der Waals surface area contributed by atoms with Gasteiger partial charge in [0, 0.05) is 42.9 Å². The van der Waals surface area contributed by atoms with Crippen molar-refractivity contribution in [2.75, 3.05) is 0 Å². The minimum Gasteiger partial charge on any atom is -0.267 e. The lowest BCUT2D eigenvalue weighted by Crippen LogP contribution is -2.20. The van der Waals surface area contributed by atoms with Crippen LogP contribution in [0.25, 0.3) is 23.5 Å². The molecule has 3 heterocycles. The van der Waals surface area contributed by atoms with Gasteiger partial charge in [-0.25, -0.2) is 4.98 Å². The highest BCUT2D eigenvalue weighted by atomic mass is 16.6. The van der Waals surface area contributed by atoms with Crippen molar-refractivity contribution >= 4 is 23.5 Å². The number of non-ortho nitro benzene ring substituents is 1. The van der Waals surface area contributed by atoms with Gasteiger partial charge in [0.1, 0.15) is 0 Å². The van der Waals surface area contributed by atoms with Crippen LogP contribution in [0.3, 0.4) is 0 Å². The number of nitro groups is 1. The third-order valence-corrected chi connectivity index (χ3v) is 3.96. The van der Waals surface area contributed by atoms with Crippen molar-refractivity contribution in [3.05, 3.63) is 98.8 Å². The van der Waals surface area contributed by atoms with Crippen molar-refractivity contribution in [1.82, 2.24) is 19.2 Å². The fourth-order valence-electron chi connectivity index (χ4n) is 2.73. The third-order valence-electron chi connectivity index (χ3n) is 3.96. The molecule has 0 aliphatic rings. The van der Waals surface area contributed by atoms with Crippen LogP contribution in [-0.4, -0.2) is 24.1 Å². The summed E-state index contributed by atoms with van der Waals surface area (Å²) in [5.41, 5.74) is 2.02. The van der Waals surface area contributed by atoms with Crippen molar-refractivity contribution in [3.63, 3.8) is 0 Å². The maximum absolute atomic E-state index is 12.6. The maximum Gasteiger partial charge on any atom is 0.273 e. The van der Waals surface area contributed by atoms with Crippen LogP contribution in [0.4, 0.5) is 5.69 Å². The number of nitro benzene ring substituents is 1. The first-order valence-electron chi connectivity index (χ1n) is 8.06. The normalized spacial score (nSPS) is 11.3. The second kappa shape index (κ2) is 6.68. The molecule has 0 fully saturated rings. The molecule has 1 aromatic carbocycles. The molecule has 0 aliphatic heterocycles. The number of aromatic nitrogens is 4. The van der Waals surface area contributed by atoms with Crippen LogP contribution in [-0.2, 0) is 0 Å². The Morgan fingerprint density at radius 2 is 1.96 bits per heavy atom. The molecule has 0 unspecified atom stereocenters. The number of rotatable bonds is 4. The zero-order valence-electron chi connectivity index (χ0n) is 14.0. The predicted octanol–water partition coefficient (Wildman–Crippen LogP) is 2.96. The highest BCUT2D eigenvalue weighted by molar-refractivity contribution is 5.68. The smallest absolute Gasteiger partial charge is 0.267 e. The zero-order chi connectivity index (χ0) is 18.8. The second-order valence-electron chi connectivity index (χ2n) is 5.75. The lowest BCUT2D eigenvalue weighted by atomic mass is 10.2. The first kappa shape index (κ1) is 16.4. The summed E-state index contributed by atoms with van der Waals surface area (Å²) < 4.78 is 2.90. The molecular weight excluding hydrogens is 346 g/mol. The summed E-state index contributed by atoms with van der Waals surface area (Å²) in [6.07, 6.45) is 8.61. The van der Waals surface area contributed by atoms with Crippen molar-refractivity contribution in [3.8, 4) is 5.69 Å². The Labute approximate surface area is 152 Å². The highest BCUT2D eigenvalue weighted by Gasteiger charge is 2.11. The van der Waals surface area contributed by atoms with Gasteiger partial charge in [-0.05, 0) is 23.8 Å². The van der Waals surface area contributed by atoms with Crippen LogP contribution < -0.4 is 5.56 Å². The van der Waals surface area contributed by atoms with Gasteiger partial charge >= 0.3 is 0 Å². The molecule has 3 aromatic heterocycles. The average molecular weight is 359 g/mol. The molecule has 0 saturated heterocycles. The van der Waals surface area contributed by atoms with E-state index in [2.05, 4.69) is 9.97 Å². The van der Waals surface area contributed by atoms with Crippen LogP contribution in [0.15, 0.2) is 71.9 Å². The monoisotopic (exact) mass is 359 g/mol. The third kappa shape index (κ3) is 3.23. The summed E-state index contributed by atoms with van der Waals surface area (Å²) in [4.78, 5) is 31.6. The molecule has 8 heteroatoms. The second-order valence-corrected chi connectivity index (χ2v) is 5.75. The van der Waals surface area contributed by atoms with E-state index in [0.717, 1.165) is 5.56 Å². The Bertz CT molecular complexity index is 1230. The predicted molar refractivity (Wildman–Crippen MR) is 101 cm³/mol. The van der Waals surface area contributed by atoms with E-state index in [0.29, 0.717) is 17.0 Å². The van der Waals surface area contributed by atoms with Gasteiger partial charge in [0.15, 0.2) is 5.65 Å². The Morgan fingerprint density at radius 1 is 1.07 bits per heavy atom. The number of hydrogen-bond acceptors (Lipinski definition) is 5. The van der Waals surface area contributed by atoms with Crippen molar-refractivity contribution < 1.29 is 4.92 Å². The standard InChI is InChI=1S/C19H13N5O3/c25-19-11-15(7-6-14-3-2-9-20-13-14)21-18-8-10-22(23(18)19)16-4-1-5-17(12-16)24(26)27/h1-13H/b7-6+. The van der Waals surface area contributed by atoms with Gasteiger partial charge in [-0.3, -0.25) is 24.6 Å². The van der Waals surface area contributed by atoms with Crippen molar-refractivity contribution in [2.24, 2.45) is 0 Å². The summed E-state index contributed by atoms with van der Waals surface area (Å²) in [5.74, 6) is 0. The number of nitrogens with zero attached hydrogens (tertiary/aromatic N) is 5. The summed E-state index contributed by atoms with van der Waals surface area (Å²) in [7, 11) is 0. The molecule has 0 aliphatic carbocycles. The number of fused-ring (bicyclic) bond motifs is 1. The van der Waals surface area contributed by atoms with Crippen LogP contribution in [0.5, 0.6) is 0 Å². The molecule has 0 amide bonds. The minimum atomic E-state index is -0.475. The SMILES string of the molecule is O=c1cc(/C=C/c2cccnc2)nc2ccn(-c3cccc([N+](=O)[O-])c3)n12. The molecule has 132 valence electrons. The molecule has 0 atom stereocenters. The van der Waals surface area contributed by atoms with E-state index in [1.807, 2.05) is 18.2 Å². The fraction of sp³-hybridized carbons (Fsp3) is 0. The summed E-state index contributed by atoms with van der Waals surface area (Å²) in [5, 5.41) is 11.0. The Kier molecular flexibility index (Phi) is 4.06. The van der Waals surface area contributed by atoms with Gasteiger partial charge < -0.3 is 0 Å². The fourth-order valence-corrected chi connectivity index (χ4v) is 2.73. The van der Waals surface area contributed by atoms with E-state index in [-0.39, 0.29) is 11.2 Å². The quantitative estimate of drug-likeness (QED) is 0.412. The van der Waals surface area contributed by atoms with Crippen molar-refractivity contribution in [2.45, 2.75) is 0 Å². The maximum atomic E-state index is 12.6. The Morgan fingerprint density at radius 3 is 2.74 bits per heavy atom. The van der Waals surface area contributed by atoms with Crippen molar-refractivity contribution in [1.29, 1.82) is 0 Å². The van der Waals surface area contributed by atoms with E-state index >= 15 is 0 Å². The lowest BCUT2D eigenvalue weighted by Gasteiger charge is -2.06. The van der Waals surface area contributed by atoms with Gasteiger partial charge in [0.05, 0.1) is 16.3 Å². The van der Waals surface area contributed by atoms with Crippen LogP contribution >= 0.6 is 0 Å². The molecule has 0 N–H and O–H groups in total. The summed E-state index contributed by atoms with van der Waals surface area (Å²) in [6.45, 7) is 0. The average Bonchev–Trinajstić information content (AvgIpc) is 3.12. The van der Waals surface area contributed by atoms with Gasteiger partial charge in [-0.2, -0.15) is 4.52 Å². The molecule has 4 aromatic rings. The molecule has 0 spiro atoms. The molecule has 0 radical (unpaired) electrons. The Balaban J connectivity index is 1.76. The highest BCUT2D eigenvalue weighted by Crippen LogP contribution is 2.17. The Hall–Kier alpha value is -4.07. The lowest BCUT2D eigenvalue weighted by molar-refractivity contribution is -0.384. The summed E-state index contributed by atoms with van der Waals surface area (Å²) in [6, 6.07) is 12.9. The van der Waals surface area contributed by atoms with Crippen LogP contribution in [0.1, 0.15) is 11.3 Å². The largest absolute Gasteiger partial charge is 0.273 e. The number of benzene rings is 1. The molecule has 27 heavy (non-hydrogen) atoms. The molecular formula is C19H13N5O3. The molecule has 0 saturated carbocycles. The van der Waals surface area contributed by atoms with Gasteiger partial charge in [0.2, 0.25) is 0 Å². The van der Waals surface area contributed by atoms with Crippen LogP contribution in [0.2, 0.25) is 0 Å². The van der Waals surface area contributed by atoms with E-state index < -0.39 is 4.92 Å². The van der Waals surface area contributed by atoms with E-state index in [4.69, 9.17) is 0 Å². The van der Waals surface area contributed by atoms with E-state index in [1.54, 1.807) is 42.9 Å². The number of pyridine rings is 1. The molecule has 0 bridgehead atoms. The topological polar surface area (TPSA) is 95.3 Å². The number of hydrogen-bond donors (Lipinski definition) is 0. The minimum absolute atomic E-state index is 0.0496. The van der Waals surface area contributed by atoms with Gasteiger partial charge in [0.25, 0.3) is 11.2 Å². The van der Waals surface area contributed by atoms with E-state index in [1.165, 1.54) is 27.4 Å².